The molecule has 2 saturated carbocycles. The topological polar surface area (TPSA) is 208 Å². The Balaban J connectivity index is 0.000000386. The molecular formula is C83H125FO13S. The largest absolute Gasteiger partial charge is 0.494 e. The highest BCUT2D eigenvalue weighted by molar-refractivity contribution is 7.99. The zero-order valence-corrected chi connectivity index (χ0v) is 61.9. The Morgan fingerprint density at radius 2 is 0.990 bits per heavy atom. The predicted octanol–water partition coefficient (Wildman–Crippen LogP) is 17.6. The zero-order valence-electron chi connectivity index (χ0n) is 61.1. The number of halogens is 1. The van der Waals surface area contributed by atoms with E-state index in [0.29, 0.717) is 80.7 Å². The first-order chi connectivity index (χ1) is 47.5. The highest BCUT2D eigenvalue weighted by atomic mass is 32.2. The molecule has 0 aliphatic heterocycles. The summed E-state index contributed by atoms with van der Waals surface area (Å²) in [7, 11) is 0. The fraction of sp³-hybridized carbons (Fsp3) is 0.542. The Bertz CT molecular complexity index is 2850. The third-order valence-corrected chi connectivity index (χ3v) is 18.1. The molecule has 3 aliphatic rings. The lowest BCUT2D eigenvalue weighted by atomic mass is 9.84. The van der Waals surface area contributed by atoms with Gasteiger partial charge >= 0.3 is 0 Å². The van der Waals surface area contributed by atoms with Crippen LogP contribution in [0.5, 0.6) is 28.7 Å². The summed E-state index contributed by atoms with van der Waals surface area (Å²) in [6.45, 7) is 25.3. The van der Waals surface area contributed by atoms with E-state index in [1.807, 2.05) is 80.6 Å². The first kappa shape index (κ1) is 88.1. The van der Waals surface area contributed by atoms with Gasteiger partial charge < -0.3 is 64.5 Å². The van der Waals surface area contributed by atoms with Crippen LogP contribution in [-0.4, -0.2) is 114 Å². The maximum Gasteiger partial charge on any atom is 0.164 e. The van der Waals surface area contributed by atoms with Gasteiger partial charge in [-0.05, 0) is 182 Å². The molecule has 98 heavy (non-hydrogen) atoms. The summed E-state index contributed by atoms with van der Waals surface area (Å²) in [5.74, 6) is 7.39. The first-order valence-electron chi connectivity index (χ1n) is 36.1. The fourth-order valence-electron chi connectivity index (χ4n) is 10.2. The molecule has 2 unspecified atom stereocenters. The molecule has 2 atom stereocenters. The normalized spacial score (nSPS) is 16.2. The summed E-state index contributed by atoms with van der Waals surface area (Å²) < 4.78 is 39.6. The van der Waals surface area contributed by atoms with E-state index in [0.717, 1.165) is 96.7 Å². The summed E-state index contributed by atoms with van der Waals surface area (Å²) in [6, 6.07) is 44.0. The number of fused-ring (bicyclic) bond motifs is 1. The van der Waals surface area contributed by atoms with Crippen LogP contribution in [0.25, 0.3) is 6.08 Å². The summed E-state index contributed by atoms with van der Waals surface area (Å²) in [5, 5.41) is 70.4. The van der Waals surface area contributed by atoms with E-state index < -0.39 is 0 Å². The average Bonchev–Trinajstić information content (AvgIpc) is 1.70. The quantitative estimate of drug-likeness (QED) is 0.0215. The molecule has 0 heterocycles. The Morgan fingerprint density at radius 1 is 0.480 bits per heavy atom. The van der Waals surface area contributed by atoms with Crippen molar-refractivity contribution in [3.63, 3.8) is 0 Å². The number of benzene rings is 6. The van der Waals surface area contributed by atoms with Gasteiger partial charge in [0.25, 0.3) is 0 Å². The number of ether oxygens (including phenoxy) is 5. The van der Waals surface area contributed by atoms with Gasteiger partial charge in [-0.15, -0.1) is 0 Å². The fourth-order valence-corrected chi connectivity index (χ4v) is 11.3. The molecule has 0 spiro atoms. The number of hydrogen-bond acceptors (Lipinski definition) is 14. The second-order valence-electron chi connectivity index (χ2n) is 25.9. The van der Waals surface area contributed by atoms with Crippen molar-refractivity contribution in [2.75, 3.05) is 72.7 Å². The smallest absolute Gasteiger partial charge is 0.164 e. The number of allylic oxidation sites excluding steroid dienone is 1. The molecule has 6 aromatic rings. The van der Waals surface area contributed by atoms with Crippen LogP contribution in [0.3, 0.4) is 0 Å². The maximum atomic E-state index is 12.9. The van der Waals surface area contributed by atoms with Gasteiger partial charge in [-0.25, -0.2) is 4.39 Å². The van der Waals surface area contributed by atoms with Crippen LogP contribution >= 0.6 is 11.8 Å². The van der Waals surface area contributed by atoms with Crippen molar-refractivity contribution in [1.29, 1.82) is 0 Å². The minimum Gasteiger partial charge on any atom is -0.494 e. The lowest BCUT2D eigenvalue weighted by Crippen LogP contribution is -2.14. The molecule has 2 fully saturated rings. The van der Waals surface area contributed by atoms with E-state index in [-0.39, 0.29) is 45.5 Å². The minimum atomic E-state index is -0.363. The predicted molar refractivity (Wildman–Crippen MR) is 401 cm³/mol. The molecule has 0 amide bonds. The molecule has 3 aliphatic carbocycles. The number of aliphatic hydroxyl groups excluding tert-OH is 8. The van der Waals surface area contributed by atoms with Crippen molar-refractivity contribution in [3.05, 3.63) is 179 Å². The van der Waals surface area contributed by atoms with Gasteiger partial charge in [0.05, 0.1) is 46.2 Å². The molecule has 0 aromatic heterocycles. The summed E-state index contributed by atoms with van der Waals surface area (Å²) in [4.78, 5) is 2.41. The van der Waals surface area contributed by atoms with Gasteiger partial charge in [-0.1, -0.05) is 204 Å². The molecule has 15 heteroatoms. The second kappa shape index (κ2) is 55.8. The van der Waals surface area contributed by atoms with Gasteiger partial charge in [0, 0.05) is 48.4 Å². The van der Waals surface area contributed by atoms with Gasteiger partial charge in [-0.3, -0.25) is 0 Å². The van der Waals surface area contributed by atoms with E-state index >= 15 is 0 Å². The first-order valence-corrected chi connectivity index (χ1v) is 36.9. The Labute approximate surface area is 593 Å². The van der Waals surface area contributed by atoms with Crippen molar-refractivity contribution in [3.8, 4) is 28.7 Å². The van der Waals surface area contributed by atoms with E-state index in [4.69, 9.17) is 59.4 Å². The van der Waals surface area contributed by atoms with Crippen LogP contribution < -0.4 is 23.7 Å². The Morgan fingerprint density at radius 3 is 1.50 bits per heavy atom. The third-order valence-electron chi connectivity index (χ3n) is 16.9. The molecule has 6 aromatic carbocycles. The van der Waals surface area contributed by atoms with Crippen LogP contribution in [0.2, 0.25) is 0 Å². The molecule has 0 radical (unpaired) electrons. The Hall–Kier alpha value is -5.98. The number of unbranched alkanes of at least 4 members (excludes halogenated alkanes) is 1. The highest BCUT2D eigenvalue weighted by Gasteiger charge is 2.18. The summed E-state index contributed by atoms with van der Waals surface area (Å²) in [5.41, 5.74) is 7.47. The molecule has 0 bridgehead atoms. The van der Waals surface area contributed by atoms with Crippen LogP contribution in [0.4, 0.5) is 4.39 Å². The van der Waals surface area contributed by atoms with Crippen molar-refractivity contribution in [2.24, 2.45) is 41.4 Å². The van der Waals surface area contributed by atoms with Crippen molar-refractivity contribution >= 4 is 17.8 Å². The van der Waals surface area contributed by atoms with Crippen LogP contribution in [0.1, 0.15) is 181 Å². The molecule has 0 saturated heterocycles. The molecule has 9 rings (SSSR count). The number of rotatable bonds is 28. The van der Waals surface area contributed by atoms with Crippen LogP contribution in [-0.2, 0) is 26.1 Å². The number of aliphatic hydroxyl groups is 8. The van der Waals surface area contributed by atoms with Crippen LogP contribution in [0, 0.1) is 47.2 Å². The lowest BCUT2D eigenvalue weighted by Gasteiger charge is -2.23. The highest BCUT2D eigenvalue weighted by Crippen LogP contribution is 2.34. The van der Waals surface area contributed by atoms with Gasteiger partial charge in [0.1, 0.15) is 36.3 Å². The molecule has 548 valence electrons. The molecule has 8 N–H and O–H groups in total. The van der Waals surface area contributed by atoms with E-state index in [9.17, 15) is 9.50 Å². The zero-order chi connectivity index (χ0) is 72.1. The maximum absolute atomic E-state index is 12.9. The average molecular weight is 1380 g/mol. The minimum absolute atomic E-state index is 0.0278. The standard InChI is InChI=1S/C15H16OS.C13H16O.C11H15FO3.C11H16O3.C11H16O2.2C8H16O.C6H14O/c1-2-12-7-3-5-9-14(12)17-15-10-6-4-8-13(15)11-16;1-10(9-14)6-11-7-12-4-2-3-5-13(12)8-11;1-2-6-14-11-8-9(12)3-4-10(11)15-7-5-13;1-2-7-13-10-4-3-5-11(9-10)14-8-6-12;1-2-3-7-13-11-6-4-5-10(8-11)9-12;2*1-7-2-4-8(6-9)5-3-7;1-5(2)6(3)4-7/h3-10,16H,2,11H2,1H3;2-5,7,10,14H,6,8-9H2,1H3;3-4,8,13H,2,5-7H2,1H3;3-5,9,12H,2,6-8H2,1H3;4-6,8,12H,2-3,7,9H2,1H3;2*7-9H,2-6H2,1H3;5-7H,4H2,1-3H3. The monoisotopic (exact) mass is 1380 g/mol. The summed E-state index contributed by atoms with van der Waals surface area (Å²) in [6.07, 6.45) is 19.7. The van der Waals surface area contributed by atoms with Gasteiger partial charge in [-0.2, -0.15) is 0 Å². The summed E-state index contributed by atoms with van der Waals surface area (Å²) >= 11 is 1.73. The number of hydrogen-bond donors (Lipinski definition) is 8. The van der Waals surface area contributed by atoms with E-state index in [1.165, 1.54) is 96.7 Å². The van der Waals surface area contributed by atoms with Crippen molar-refractivity contribution in [1.82, 2.24) is 0 Å². The third kappa shape index (κ3) is 39.1. The number of aryl methyl sites for hydroxylation is 1. The second-order valence-corrected chi connectivity index (χ2v) is 27.0. The SMILES string of the molecule is CC(C)C(C)CO.CC(CO)CC1=Cc2ccccc2C1.CC1CCC(CO)CC1.CC1CCC(CO)CC1.CCCCOc1cccc(CO)c1.CCCOc1cc(F)ccc1OCCO.CCCOc1cccc(OCCO)c1.CCc1ccccc1Sc1ccccc1CO. The van der Waals surface area contributed by atoms with Gasteiger partial charge in [0.15, 0.2) is 11.5 Å². The van der Waals surface area contributed by atoms with E-state index in [1.54, 1.807) is 11.8 Å². The molecule has 13 nitrogen and oxygen atoms in total. The lowest BCUT2D eigenvalue weighted by molar-refractivity contribution is 0.172. The van der Waals surface area contributed by atoms with Crippen molar-refractivity contribution in [2.45, 2.75) is 189 Å². The molecular weight excluding hydrogens is 1260 g/mol. The Kier molecular flexibility index (Phi) is 50.1. The van der Waals surface area contributed by atoms with Crippen molar-refractivity contribution < 1.29 is 68.9 Å². The van der Waals surface area contributed by atoms with Gasteiger partial charge in [0.2, 0.25) is 0 Å². The van der Waals surface area contributed by atoms with Crippen LogP contribution in [0.15, 0.2) is 155 Å². The van der Waals surface area contributed by atoms with E-state index in [2.05, 4.69) is 116 Å².